The number of nitrogen functional groups attached to an aromatic ring is 1. The molecule has 6 N–H and O–H groups in total. The van der Waals surface area contributed by atoms with Gasteiger partial charge in [-0.3, -0.25) is 31.3 Å². The predicted octanol–water partition coefficient (Wildman–Crippen LogP) is 2.88. The molecule has 0 aliphatic rings. The third-order valence-electron chi connectivity index (χ3n) is 3.71. The number of nitrogens with one attached hydrogen (secondary N) is 4. The lowest BCUT2D eigenvalue weighted by Crippen LogP contribution is -2.32. The van der Waals surface area contributed by atoms with E-state index in [1.54, 1.807) is 48.5 Å². The van der Waals surface area contributed by atoms with E-state index in [0.29, 0.717) is 10.0 Å². The zero-order chi connectivity index (χ0) is 20.8. The van der Waals surface area contributed by atoms with Crippen molar-refractivity contribution in [3.8, 4) is 0 Å². The average molecular weight is 432 g/mol. The van der Waals surface area contributed by atoms with Gasteiger partial charge in [-0.25, -0.2) is 9.97 Å². The zero-order valence-corrected chi connectivity index (χ0v) is 16.3. The number of amides is 2. The number of hydrazine groups is 2. The van der Waals surface area contributed by atoms with E-state index in [4.69, 9.17) is 28.9 Å². The number of hydrogen-bond donors (Lipinski definition) is 5. The number of rotatable bonds is 6. The Morgan fingerprint density at radius 2 is 1.17 bits per heavy atom. The molecule has 1 aromatic heterocycles. The zero-order valence-electron chi connectivity index (χ0n) is 14.7. The van der Waals surface area contributed by atoms with Crippen LogP contribution in [0.4, 0.5) is 17.3 Å². The Balaban J connectivity index is 1.65. The number of carbonyl (C=O) groups excluding carboxylic acids is 2. The molecule has 0 saturated heterocycles. The molecule has 148 valence electrons. The van der Waals surface area contributed by atoms with Crippen LogP contribution in [0.25, 0.3) is 0 Å². The van der Waals surface area contributed by atoms with E-state index in [2.05, 4.69) is 31.7 Å². The van der Waals surface area contributed by atoms with Crippen molar-refractivity contribution >= 4 is 52.3 Å². The number of nitrogens with two attached hydrogens (primary N) is 1. The van der Waals surface area contributed by atoms with Gasteiger partial charge in [0.05, 0.1) is 21.2 Å². The van der Waals surface area contributed by atoms with Gasteiger partial charge in [0.1, 0.15) is 12.0 Å². The van der Waals surface area contributed by atoms with Crippen LogP contribution >= 0.6 is 23.2 Å². The normalized spacial score (nSPS) is 10.1. The average Bonchev–Trinajstić information content (AvgIpc) is 2.72. The fourth-order valence-corrected chi connectivity index (χ4v) is 2.70. The number of benzene rings is 2. The van der Waals surface area contributed by atoms with Crippen LogP contribution in [0.1, 0.15) is 20.7 Å². The standard InChI is InChI=1S/C18H15Cl2N7O2/c19-12-7-3-1-5-10(12)17(28)26-24-15-14(21)16(23-9-22-15)25-27-18(29)11-6-2-4-8-13(11)20/h1-9H,21H2,(H,26,28)(H,27,29)(H2,22,23,24,25). The van der Waals surface area contributed by atoms with Crippen LogP contribution in [0.2, 0.25) is 10.0 Å². The smallest absolute Gasteiger partial charge is 0.271 e. The van der Waals surface area contributed by atoms with Crippen LogP contribution in [0.3, 0.4) is 0 Å². The van der Waals surface area contributed by atoms with Crippen LogP contribution < -0.4 is 27.4 Å². The molecule has 11 heteroatoms. The molecule has 0 radical (unpaired) electrons. The minimum atomic E-state index is -0.477. The largest absolute Gasteiger partial charge is 0.393 e. The van der Waals surface area contributed by atoms with E-state index >= 15 is 0 Å². The molecule has 29 heavy (non-hydrogen) atoms. The lowest BCUT2D eigenvalue weighted by atomic mass is 10.2. The second kappa shape index (κ2) is 9.09. The number of aromatic nitrogens is 2. The first-order valence-corrected chi connectivity index (χ1v) is 8.95. The summed E-state index contributed by atoms with van der Waals surface area (Å²) >= 11 is 12.0. The molecule has 0 unspecified atom stereocenters. The number of nitrogens with zero attached hydrogens (tertiary/aromatic N) is 2. The first-order valence-electron chi connectivity index (χ1n) is 8.19. The Hall–Kier alpha value is -3.56. The third-order valence-corrected chi connectivity index (χ3v) is 4.37. The molecule has 0 fully saturated rings. The van der Waals surface area contributed by atoms with Gasteiger partial charge in [-0.2, -0.15) is 0 Å². The summed E-state index contributed by atoms with van der Waals surface area (Å²) in [6.07, 6.45) is 1.20. The van der Waals surface area contributed by atoms with Crippen LogP contribution in [-0.4, -0.2) is 21.8 Å². The van der Waals surface area contributed by atoms with E-state index in [9.17, 15) is 9.59 Å². The maximum Gasteiger partial charge on any atom is 0.271 e. The van der Waals surface area contributed by atoms with E-state index in [0.717, 1.165) is 0 Å². The summed E-state index contributed by atoms with van der Waals surface area (Å²) < 4.78 is 0. The Morgan fingerprint density at radius 3 is 1.59 bits per heavy atom. The summed E-state index contributed by atoms with van der Waals surface area (Å²) in [5, 5.41) is 0.596. The molecular formula is C18H15Cl2N7O2. The maximum atomic E-state index is 12.2. The predicted molar refractivity (Wildman–Crippen MR) is 112 cm³/mol. The van der Waals surface area contributed by atoms with Crippen molar-refractivity contribution in [1.82, 2.24) is 20.8 Å². The summed E-state index contributed by atoms with van der Waals surface area (Å²) in [5.41, 5.74) is 16.7. The molecular weight excluding hydrogens is 417 g/mol. The number of hydrogen-bond acceptors (Lipinski definition) is 7. The van der Waals surface area contributed by atoms with Crippen LogP contribution in [0.5, 0.6) is 0 Å². The molecule has 9 nitrogen and oxygen atoms in total. The highest BCUT2D eigenvalue weighted by atomic mass is 35.5. The van der Waals surface area contributed by atoms with Crippen LogP contribution in [0, 0.1) is 0 Å². The van der Waals surface area contributed by atoms with E-state index in [1.165, 1.54) is 6.33 Å². The van der Waals surface area contributed by atoms with Gasteiger partial charge in [-0.1, -0.05) is 47.5 Å². The van der Waals surface area contributed by atoms with Gasteiger partial charge in [-0.05, 0) is 24.3 Å². The van der Waals surface area contributed by atoms with Crippen molar-refractivity contribution in [2.75, 3.05) is 16.6 Å². The molecule has 3 rings (SSSR count). The van der Waals surface area contributed by atoms with E-state index in [1.807, 2.05) is 0 Å². The monoisotopic (exact) mass is 431 g/mol. The van der Waals surface area contributed by atoms with Gasteiger partial charge in [0.2, 0.25) is 0 Å². The molecule has 0 spiro atoms. The van der Waals surface area contributed by atoms with Crippen molar-refractivity contribution in [2.45, 2.75) is 0 Å². The Labute approximate surface area is 175 Å². The second-order valence-electron chi connectivity index (χ2n) is 5.60. The molecule has 1 heterocycles. The second-order valence-corrected chi connectivity index (χ2v) is 6.42. The van der Waals surface area contributed by atoms with Crippen LogP contribution in [-0.2, 0) is 0 Å². The minimum absolute atomic E-state index is 0.0615. The summed E-state index contributed by atoms with van der Waals surface area (Å²) in [5.74, 6) is -0.713. The van der Waals surface area contributed by atoms with Crippen LogP contribution in [0.15, 0.2) is 54.9 Å². The number of halogens is 2. The summed E-state index contributed by atoms with van der Waals surface area (Å²) in [4.78, 5) is 32.3. The highest BCUT2D eigenvalue weighted by Gasteiger charge is 2.14. The number of carbonyl (C=O) groups is 2. The van der Waals surface area contributed by atoms with Crippen molar-refractivity contribution in [2.24, 2.45) is 0 Å². The maximum absolute atomic E-state index is 12.2. The molecule has 0 aliphatic carbocycles. The quantitative estimate of drug-likeness (QED) is 0.378. The lowest BCUT2D eigenvalue weighted by molar-refractivity contribution is 0.0954. The molecule has 0 aliphatic heterocycles. The highest BCUT2D eigenvalue weighted by Crippen LogP contribution is 2.22. The SMILES string of the molecule is Nc1c(NNC(=O)c2ccccc2Cl)ncnc1NNC(=O)c1ccccc1Cl. The Kier molecular flexibility index (Phi) is 6.32. The van der Waals surface area contributed by atoms with Crippen molar-refractivity contribution < 1.29 is 9.59 Å². The van der Waals surface area contributed by atoms with Gasteiger partial charge in [0, 0.05) is 0 Å². The van der Waals surface area contributed by atoms with Crippen molar-refractivity contribution in [1.29, 1.82) is 0 Å². The fourth-order valence-electron chi connectivity index (χ4n) is 2.25. The minimum Gasteiger partial charge on any atom is -0.393 e. The molecule has 3 aromatic rings. The summed E-state index contributed by atoms with van der Waals surface area (Å²) in [7, 11) is 0. The van der Waals surface area contributed by atoms with Gasteiger partial charge < -0.3 is 5.73 Å². The molecule has 0 bridgehead atoms. The lowest BCUT2D eigenvalue weighted by Gasteiger charge is -2.14. The molecule has 0 atom stereocenters. The fraction of sp³-hybridized carbons (Fsp3) is 0. The summed E-state index contributed by atoms with van der Waals surface area (Å²) in [6, 6.07) is 13.1. The van der Waals surface area contributed by atoms with Gasteiger partial charge in [-0.15, -0.1) is 0 Å². The Morgan fingerprint density at radius 1 is 0.759 bits per heavy atom. The van der Waals surface area contributed by atoms with Gasteiger partial charge in [0.15, 0.2) is 11.6 Å². The van der Waals surface area contributed by atoms with Crippen molar-refractivity contribution in [3.05, 3.63) is 76.0 Å². The molecule has 2 aromatic carbocycles. The van der Waals surface area contributed by atoms with E-state index < -0.39 is 11.8 Å². The van der Waals surface area contributed by atoms with Crippen molar-refractivity contribution in [3.63, 3.8) is 0 Å². The van der Waals surface area contributed by atoms with Gasteiger partial charge >= 0.3 is 0 Å². The number of anilines is 3. The summed E-state index contributed by atoms with van der Waals surface area (Å²) in [6.45, 7) is 0. The first kappa shape index (κ1) is 20.2. The molecule has 0 saturated carbocycles. The first-order chi connectivity index (χ1) is 14.0. The van der Waals surface area contributed by atoms with E-state index in [-0.39, 0.29) is 28.5 Å². The third kappa shape index (κ3) is 4.84. The topological polar surface area (TPSA) is 134 Å². The van der Waals surface area contributed by atoms with Gasteiger partial charge in [0.25, 0.3) is 11.8 Å². The molecule has 2 amide bonds. The highest BCUT2D eigenvalue weighted by molar-refractivity contribution is 6.34. The Bertz CT molecular complexity index is 982.